The lowest BCUT2D eigenvalue weighted by molar-refractivity contribution is 1.06. The fourth-order valence-electron chi connectivity index (χ4n) is 2.07. The van der Waals surface area contributed by atoms with Gasteiger partial charge in [-0.05, 0) is 12.1 Å². The molecule has 1 aromatic carbocycles. The topological polar surface area (TPSA) is 83.1 Å². The normalized spacial score (nSPS) is 11.4. The molecule has 0 bridgehead atoms. The molecule has 3 aromatic heterocycles. The van der Waals surface area contributed by atoms with Gasteiger partial charge >= 0.3 is 0 Å². The zero-order chi connectivity index (χ0) is 13.4. The molecule has 0 radical (unpaired) electrons. The van der Waals surface area contributed by atoms with Crippen molar-refractivity contribution < 1.29 is 0 Å². The van der Waals surface area contributed by atoms with E-state index in [1.165, 1.54) is 0 Å². The third kappa shape index (κ3) is 1.92. The van der Waals surface area contributed by atoms with Crippen LogP contribution in [0.5, 0.6) is 0 Å². The second-order valence-electron chi connectivity index (χ2n) is 4.30. The molecule has 4 aromatic rings. The summed E-state index contributed by atoms with van der Waals surface area (Å²) in [4.78, 5) is 16.3. The standard InChI is InChI=1S/C13H10N6S/c1-2-4-10-9(3-1)17-11(18-10)6-20-13-8-5-16-19-12(8)14-7-15-13/h1-5,7H,6H2,(H,17,18)(H,14,15,16,19). The lowest BCUT2D eigenvalue weighted by Gasteiger charge is -1.98. The lowest BCUT2D eigenvalue weighted by Crippen LogP contribution is -1.87. The first-order valence-electron chi connectivity index (χ1n) is 6.11. The van der Waals surface area contributed by atoms with Gasteiger partial charge in [0.05, 0.1) is 28.4 Å². The van der Waals surface area contributed by atoms with Gasteiger partial charge in [0.15, 0.2) is 5.65 Å². The predicted molar refractivity (Wildman–Crippen MR) is 77.3 cm³/mol. The smallest absolute Gasteiger partial charge is 0.159 e. The average molecular weight is 282 g/mol. The van der Waals surface area contributed by atoms with Crippen molar-refractivity contribution in [2.45, 2.75) is 10.8 Å². The highest BCUT2D eigenvalue weighted by atomic mass is 32.2. The van der Waals surface area contributed by atoms with Gasteiger partial charge in [-0.2, -0.15) is 5.10 Å². The van der Waals surface area contributed by atoms with Crippen LogP contribution >= 0.6 is 11.8 Å². The maximum Gasteiger partial charge on any atom is 0.159 e. The highest BCUT2D eigenvalue weighted by Crippen LogP contribution is 2.26. The number of para-hydroxylation sites is 2. The van der Waals surface area contributed by atoms with Crippen LogP contribution in [0.1, 0.15) is 5.82 Å². The third-order valence-corrected chi connectivity index (χ3v) is 4.01. The van der Waals surface area contributed by atoms with Crippen LogP contribution in [0.25, 0.3) is 22.1 Å². The van der Waals surface area contributed by atoms with Gasteiger partial charge in [0.25, 0.3) is 0 Å². The van der Waals surface area contributed by atoms with Crippen molar-refractivity contribution in [2.24, 2.45) is 0 Å². The predicted octanol–water partition coefficient (Wildman–Crippen LogP) is 2.52. The number of fused-ring (bicyclic) bond motifs is 2. The van der Waals surface area contributed by atoms with E-state index in [1.807, 2.05) is 24.3 Å². The van der Waals surface area contributed by atoms with Crippen LogP contribution in [-0.2, 0) is 5.75 Å². The summed E-state index contributed by atoms with van der Waals surface area (Å²) in [6, 6.07) is 8.00. The van der Waals surface area contributed by atoms with Gasteiger partial charge in [0, 0.05) is 0 Å². The van der Waals surface area contributed by atoms with E-state index in [0.29, 0.717) is 0 Å². The van der Waals surface area contributed by atoms with Crippen molar-refractivity contribution in [1.29, 1.82) is 0 Å². The molecule has 0 spiro atoms. The summed E-state index contributed by atoms with van der Waals surface area (Å²) >= 11 is 1.62. The number of hydrogen-bond acceptors (Lipinski definition) is 5. The molecular formula is C13H10N6S. The number of imidazole rings is 1. The highest BCUT2D eigenvalue weighted by molar-refractivity contribution is 7.98. The van der Waals surface area contributed by atoms with E-state index in [9.17, 15) is 0 Å². The molecule has 2 N–H and O–H groups in total. The van der Waals surface area contributed by atoms with Crippen LogP contribution in [0.3, 0.4) is 0 Å². The number of nitrogens with zero attached hydrogens (tertiary/aromatic N) is 4. The second kappa shape index (κ2) is 4.61. The molecule has 0 aliphatic carbocycles. The van der Waals surface area contributed by atoms with Crippen molar-refractivity contribution >= 4 is 33.8 Å². The summed E-state index contributed by atoms with van der Waals surface area (Å²) in [5.74, 6) is 1.66. The quantitative estimate of drug-likeness (QED) is 0.445. The summed E-state index contributed by atoms with van der Waals surface area (Å²) in [7, 11) is 0. The van der Waals surface area contributed by atoms with Gasteiger partial charge in [-0.1, -0.05) is 23.9 Å². The minimum atomic E-state index is 0.728. The number of aromatic amines is 2. The van der Waals surface area contributed by atoms with Crippen molar-refractivity contribution in [1.82, 2.24) is 30.1 Å². The number of benzene rings is 1. The van der Waals surface area contributed by atoms with Crippen molar-refractivity contribution in [3.8, 4) is 0 Å². The van der Waals surface area contributed by atoms with Crippen LogP contribution in [0.15, 0.2) is 41.8 Å². The van der Waals surface area contributed by atoms with E-state index >= 15 is 0 Å². The SMILES string of the molecule is c1ccc2[nH]c(CSc3ncnc4[nH]ncc34)nc2c1. The maximum atomic E-state index is 4.55. The third-order valence-electron chi connectivity index (χ3n) is 3.00. The summed E-state index contributed by atoms with van der Waals surface area (Å²) in [5.41, 5.74) is 2.80. The first-order chi connectivity index (χ1) is 9.90. The molecule has 0 saturated heterocycles. The van der Waals surface area contributed by atoms with Crippen molar-refractivity contribution in [3.63, 3.8) is 0 Å². The highest BCUT2D eigenvalue weighted by Gasteiger charge is 2.08. The molecule has 0 unspecified atom stereocenters. The fourth-order valence-corrected chi connectivity index (χ4v) is 2.91. The molecule has 20 heavy (non-hydrogen) atoms. The zero-order valence-electron chi connectivity index (χ0n) is 10.4. The largest absolute Gasteiger partial charge is 0.341 e. The van der Waals surface area contributed by atoms with Crippen LogP contribution in [0, 0.1) is 0 Å². The Labute approximate surface area is 118 Å². The summed E-state index contributed by atoms with van der Waals surface area (Å²) in [6.45, 7) is 0. The van der Waals surface area contributed by atoms with Crippen LogP contribution in [-0.4, -0.2) is 30.1 Å². The molecule has 0 amide bonds. The molecule has 0 aliphatic rings. The molecule has 0 saturated carbocycles. The van der Waals surface area contributed by atoms with Crippen LogP contribution in [0.2, 0.25) is 0 Å². The van der Waals surface area contributed by atoms with E-state index in [-0.39, 0.29) is 0 Å². The zero-order valence-corrected chi connectivity index (χ0v) is 11.2. The van der Waals surface area contributed by atoms with Gasteiger partial charge in [0.2, 0.25) is 0 Å². The van der Waals surface area contributed by atoms with Gasteiger partial charge in [-0.25, -0.2) is 15.0 Å². The number of rotatable bonds is 3. The second-order valence-corrected chi connectivity index (χ2v) is 5.26. The first kappa shape index (κ1) is 11.4. The van der Waals surface area contributed by atoms with E-state index < -0.39 is 0 Å². The monoisotopic (exact) mass is 282 g/mol. The summed E-state index contributed by atoms with van der Waals surface area (Å²) in [6.07, 6.45) is 3.29. The Morgan fingerprint density at radius 2 is 2.10 bits per heavy atom. The van der Waals surface area contributed by atoms with Crippen LogP contribution < -0.4 is 0 Å². The van der Waals surface area contributed by atoms with E-state index in [0.717, 1.165) is 38.7 Å². The van der Waals surface area contributed by atoms with Crippen molar-refractivity contribution in [3.05, 3.63) is 42.6 Å². The minimum absolute atomic E-state index is 0.728. The number of H-pyrrole nitrogens is 2. The van der Waals surface area contributed by atoms with Gasteiger partial charge in [0.1, 0.15) is 17.2 Å². The summed E-state index contributed by atoms with van der Waals surface area (Å²) < 4.78 is 0. The molecule has 98 valence electrons. The number of hydrogen-bond donors (Lipinski definition) is 2. The summed E-state index contributed by atoms with van der Waals surface area (Å²) in [5, 5.41) is 8.67. The lowest BCUT2D eigenvalue weighted by atomic mass is 10.3. The Morgan fingerprint density at radius 3 is 3.05 bits per heavy atom. The van der Waals surface area contributed by atoms with Crippen LogP contribution in [0.4, 0.5) is 0 Å². The molecule has 6 nitrogen and oxygen atoms in total. The molecule has 7 heteroatoms. The molecule has 0 fully saturated rings. The minimum Gasteiger partial charge on any atom is -0.341 e. The molecule has 0 atom stereocenters. The molecule has 0 aliphatic heterocycles. The number of aromatic nitrogens is 6. The average Bonchev–Trinajstić information content (AvgIpc) is 3.11. The van der Waals surface area contributed by atoms with E-state index in [4.69, 9.17) is 0 Å². The molecular weight excluding hydrogens is 272 g/mol. The van der Waals surface area contributed by atoms with Gasteiger partial charge in [-0.3, -0.25) is 5.10 Å². The molecule has 4 rings (SSSR count). The molecule has 3 heterocycles. The van der Waals surface area contributed by atoms with Gasteiger partial charge in [-0.15, -0.1) is 0 Å². The van der Waals surface area contributed by atoms with E-state index in [1.54, 1.807) is 24.3 Å². The Balaban J connectivity index is 1.62. The Hall–Kier alpha value is -2.41. The fraction of sp³-hybridized carbons (Fsp3) is 0.0769. The van der Waals surface area contributed by atoms with Gasteiger partial charge < -0.3 is 4.98 Å². The Kier molecular flexibility index (Phi) is 2.63. The number of thioether (sulfide) groups is 1. The van der Waals surface area contributed by atoms with E-state index in [2.05, 4.69) is 30.1 Å². The maximum absolute atomic E-state index is 4.55. The Morgan fingerprint density at radius 1 is 1.15 bits per heavy atom. The Bertz CT molecular complexity index is 847. The van der Waals surface area contributed by atoms with Crippen molar-refractivity contribution in [2.75, 3.05) is 0 Å². The number of nitrogens with one attached hydrogen (secondary N) is 2. The first-order valence-corrected chi connectivity index (χ1v) is 7.09.